The zero-order valence-electron chi connectivity index (χ0n) is 13.3. The molecule has 0 radical (unpaired) electrons. The van der Waals surface area contributed by atoms with E-state index in [1.807, 2.05) is 4.90 Å². The topological polar surface area (TPSA) is 70.2 Å². The van der Waals surface area contributed by atoms with E-state index in [0.717, 1.165) is 38.8 Å². The molecule has 0 saturated carbocycles. The standard InChI is InChI=1S/C14H25N3O4S/c1-15(2)22(19,20)17-8-5-11-9-12(21-13(11)10-17)14(18)16-6-3-4-7-16/h11-13H,3-10H2,1-2H3/t11-,12+,13+/m0/s1. The number of carbonyl (C=O) groups excluding carboxylic acids is 1. The Morgan fingerprint density at radius 3 is 2.50 bits per heavy atom. The second-order valence-electron chi connectivity index (χ2n) is 6.63. The van der Waals surface area contributed by atoms with Gasteiger partial charge in [0, 0.05) is 40.3 Å². The predicted octanol–water partition coefficient (Wildman–Crippen LogP) is -0.105. The lowest BCUT2D eigenvalue weighted by Gasteiger charge is -2.34. The van der Waals surface area contributed by atoms with E-state index in [9.17, 15) is 13.2 Å². The molecule has 3 aliphatic rings. The molecule has 22 heavy (non-hydrogen) atoms. The van der Waals surface area contributed by atoms with Crippen LogP contribution >= 0.6 is 0 Å². The fraction of sp³-hybridized carbons (Fsp3) is 0.929. The average Bonchev–Trinajstić information content (AvgIpc) is 3.14. The smallest absolute Gasteiger partial charge is 0.281 e. The fourth-order valence-electron chi connectivity index (χ4n) is 3.64. The maximum atomic E-state index is 12.4. The minimum atomic E-state index is -3.40. The minimum Gasteiger partial charge on any atom is -0.363 e. The van der Waals surface area contributed by atoms with Gasteiger partial charge in [-0.1, -0.05) is 0 Å². The maximum absolute atomic E-state index is 12.4. The van der Waals surface area contributed by atoms with E-state index in [-0.39, 0.29) is 18.1 Å². The number of carbonyl (C=O) groups is 1. The Bertz CT molecular complexity index is 530. The lowest BCUT2D eigenvalue weighted by molar-refractivity contribution is -0.142. The normalized spacial score (nSPS) is 33.4. The van der Waals surface area contributed by atoms with Gasteiger partial charge in [0.2, 0.25) is 0 Å². The second-order valence-corrected chi connectivity index (χ2v) is 8.77. The summed E-state index contributed by atoms with van der Waals surface area (Å²) in [6.45, 7) is 2.52. The highest BCUT2D eigenvalue weighted by molar-refractivity contribution is 7.86. The SMILES string of the molecule is CN(C)S(=O)(=O)N1CC[C@H]2C[C@H](C(=O)N3CCCC3)O[C@@H]2C1. The van der Waals surface area contributed by atoms with Crippen molar-refractivity contribution in [3.63, 3.8) is 0 Å². The lowest BCUT2D eigenvalue weighted by atomic mass is 9.92. The molecule has 0 unspecified atom stereocenters. The highest BCUT2D eigenvalue weighted by atomic mass is 32.2. The molecule has 3 atom stereocenters. The van der Waals surface area contributed by atoms with Gasteiger partial charge in [0.1, 0.15) is 6.10 Å². The van der Waals surface area contributed by atoms with Crippen LogP contribution in [-0.4, -0.2) is 80.3 Å². The van der Waals surface area contributed by atoms with Gasteiger partial charge in [-0.05, 0) is 31.6 Å². The van der Waals surface area contributed by atoms with Crippen molar-refractivity contribution in [1.82, 2.24) is 13.5 Å². The van der Waals surface area contributed by atoms with E-state index >= 15 is 0 Å². The Labute approximate surface area is 132 Å². The van der Waals surface area contributed by atoms with Crippen molar-refractivity contribution in [1.29, 1.82) is 0 Å². The number of nitrogens with zero attached hydrogens (tertiary/aromatic N) is 3. The highest BCUT2D eigenvalue weighted by Gasteiger charge is 2.45. The molecular weight excluding hydrogens is 306 g/mol. The van der Waals surface area contributed by atoms with Gasteiger partial charge >= 0.3 is 0 Å². The summed E-state index contributed by atoms with van der Waals surface area (Å²) >= 11 is 0. The Morgan fingerprint density at radius 2 is 1.86 bits per heavy atom. The van der Waals surface area contributed by atoms with Gasteiger partial charge in [0.15, 0.2) is 0 Å². The van der Waals surface area contributed by atoms with Crippen molar-refractivity contribution in [3.05, 3.63) is 0 Å². The molecule has 0 bridgehead atoms. The molecule has 8 heteroatoms. The molecule has 3 heterocycles. The molecule has 3 saturated heterocycles. The summed E-state index contributed by atoms with van der Waals surface area (Å²) < 4.78 is 33.1. The van der Waals surface area contributed by atoms with Gasteiger partial charge in [-0.3, -0.25) is 4.79 Å². The molecule has 3 rings (SSSR count). The number of rotatable bonds is 3. The summed E-state index contributed by atoms with van der Waals surface area (Å²) in [6, 6.07) is 0. The predicted molar refractivity (Wildman–Crippen MR) is 81.4 cm³/mol. The second kappa shape index (κ2) is 6.07. The van der Waals surface area contributed by atoms with E-state index in [1.54, 1.807) is 0 Å². The first-order valence-electron chi connectivity index (χ1n) is 8.01. The summed E-state index contributed by atoms with van der Waals surface area (Å²) in [4.78, 5) is 14.3. The van der Waals surface area contributed by atoms with Crippen LogP contribution in [0, 0.1) is 5.92 Å². The van der Waals surface area contributed by atoms with Crippen LogP contribution in [0.2, 0.25) is 0 Å². The number of hydrogen-bond acceptors (Lipinski definition) is 4. The van der Waals surface area contributed by atoms with Crippen LogP contribution in [0.3, 0.4) is 0 Å². The third kappa shape index (κ3) is 2.89. The van der Waals surface area contributed by atoms with Gasteiger partial charge < -0.3 is 9.64 Å². The van der Waals surface area contributed by atoms with Crippen LogP contribution in [0.1, 0.15) is 25.7 Å². The summed E-state index contributed by atoms with van der Waals surface area (Å²) in [7, 11) is -0.324. The lowest BCUT2D eigenvalue weighted by Crippen LogP contribution is -2.49. The van der Waals surface area contributed by atoms with Crippen LogP contribution in [0.5, 0.6) is 0 Å². The number of amides is 1. The van der Waals surface area contributed by atoms with Crippen molar-refractivity contribution in [2.24, 2.45) is 5.92 Å². The average molecular weight is 331 g/mol. The van der Waals surface area contributed by atoms with Gasteiger partial charge in [-0.25, -0.2) is 0 Å². The molecule has 126 valence electrons. The number of fused-ring (bicyclic) bond motifs is 1. The van der Waals surface area contributed by atoms with Gasteiger partial charge in [-0.15, -0.1) is 0 Å². The molecular formula is C14H25N3O4S. The molecule has 0 aromatic heterocycles. The van der Waals surface area contributed by atoms with Crippen molar-refractivity contribution >= 4 is 16.1 Å². The number of likely N-dealkylation sites (tertiary alicyclic amines) is 1. The van der Waals surface area contributed by atoms with Gasteiger partial charge in [0.05, 0.1) is 6.10 Å². The van der Waals surface area contributed by atoms with Crippen LogP contribution in [-0.2, 0) is 19.7 Å². The van der Waals surface area contributed by atoms with Crippen LogP contribution in [0.15, 0.2) is 0 Å². The van der Waals surface area contributed by atoms with Crippen LogP contribution < -0.4 is 0 Å². The molecule has 0 aliphatic carbocycles. The van der Waals surface area contributed by atoms with Crippen molar-refractivity contribution in [2.75, 3.05) is 40.3 Å². The Balaban J connectivity index is 1.63. The Morgan fingerprint density at radius 1 is 1.18 bits per heavy atom. The van der Waals surface area contributed by atoms with E-state index in [4.69, 9.17) is 4.74 Å². The first kappa shape index (κ1) is 16.2. The summed E-state index contributed by atoms with van der Waals surface area (Å²) in [5.41, 5.74) is 0. The first-order valence-corrected chi connectivity index (χ1v) is 9.41. The van der Waals surface area contributed by atoms with Crippen LogP contribution in [0.25, 0.3) is 0 Å². The monoisotopic (exact) mass is 331 g/mol. The molecule has 7 nitrogen and oxygen atoms in total. The quantitative estimate of drug-likeness (QED) is 0.724. The van der Waals surface area contributed by atoms with E-state index in [1.165, 1.54) is 22.7 Å². The molecule has 1 amide bonds. The molecule has 0 aromatic rings. The molecule has 0 spiro atoms. The minimum absolute atomic E-state index is 0.0916. The van der Waals surface area contributed by atoms with Crippen molar-refractivity contribution in [3.8, 4) is 0 Å². The van der Waals surface area contributed by atoms with Gasteiger partial charge in [-0.2, -0.15) is 17.0 Å². The Kier molecular flexibility index (Phi) is 4.46. The van der Waals surface area contributed by atoms with Crippen molar-refractivity contribution in [2.45, 2.75) is 37.9 Å². The zero-order valence-corrected chi connectivity index (χ0v) is 14.1. The zero-order chi connectivity index (χ0) is 15.9. The fourth-order valence-corrected chi connectivity index (χ4v) is 4.78. The summed E-state index contributed by atoms with van der Waals surface area (Å²) in [6.07, 6.45) is 3.10. The summed E-state index contributed by atoms with van der Waals surface area (Å²) in [5, 5.41) is 0. The van der Waals surface area contributed by atoms with Crippen molar-refractivity contribution < 1.29 is 17.9 Å². The number of piperidine rings is 1. The number of ether oxygens (including phenoxy) is 1. The molecule has 0 N–H and O–H groups in total. The van der Waals surface area contributed by atoms with Gasteiger partial charge in [0.25, 0.3) is 16.1 Å². The summed E-state index contributed by atoms with van der Waals surface area (Å²) in [5.74, 6) is 0.388. The van der Waals surface area contributed by atoms with E-state index < -0.39 is 10.2 Å². The van der Waals surface area contributed by atoms with E-state index in [0.29, 0.717) is 19.0 Å². The first-order chi connectivity index (χ1) is 10.4. The largest absolute Gasteiger partial charge is 0.363 e. The molecule has 0 aromatic carbocycles. The Hall–Kier alpha value is -0.700. The molecule has 3 fully saturated rings. The van der Waals surface area contributed by atoms with E-state index in [2.05, 4.69) is 0 Å². The van der Waals surface area contributed by atoms with Crippen LogP contribution in [0.4, 0.5) is 0 Å². The maximum Gasteiger partial charge on any atom is 0.281 e. The highest BCUT2D eigenvalue weighted by Crippen LogP contribution is 2.35. The third-order valence-electron chi connectivity index (χ3n) is 5.00. The third-order valence-corrected chi connectivity index (χ3v) is 6.90. The number of hydrogen-bond donors (Lipinski definition) is 0. The molecule has 3 aliphatic heterocycles.